The van der Waals surface area contributed by atoms with Crippen LogP contribution in [0, 0.1) is 0 Å². The number of methoxy groups -OCH3 is 2. The number of carbonyl (C=O) groups excluding carboxylic acids is 1. The molecule has 1 amide bonds. The average Bonchev–Trinajstić information content (AvgIpc) is 3.20. The molecule has 1 aromatic heterocycles. The van der Waals surface area contributed by atoms with Gasteiger partial charge in [-0.1, -0.05) is 0 Å². The van der Waals surface area contributed by atoms with Crippen molar-refractivity contribution in [3.8, 4) is 17.2 Å². The molecule has 3 aromatic rings. The van der Waals surface area contributed by atoms with Crippen LogP contribution in [0.4, 0.5) is 0 Å². The SMILES string of the molecule is COc1ccc(CNC(=O)c2ccc(-n3cnnn3)cc2)c(OC)c1. The largest absolute Gasteiger partial charge is 0.497 e. The second kappa shape index (κ2) is 7.43. The van der Waals surface area contributed by atoms with Crippen LogP contribution >= 0.6 is 0 Å². The minimum absolute atomic E-state index is 0.180. The molecule has 0 aliphatic heterocycles. The molecule has 8 heteroatoms. The molecule has 25 heavy (non-hydrogen) atoms. The van der Waals surface area contributed by atoms with Gasteiger partial charge in [0.05, 0.1) is 19.9 Å². The van der Waals surface area contributed by atoms with Crippen molar-refractivity contribution in [1.29, 1.82) is 0 Å². The number of hydrogen-bond donors (Lipinski definition) is 1. The molecule has 128 valence electrons. The zero-order valence-electron chi connectivity index (χ0n) is 13.8. The summed E-state index contributed by atoms with van der Waals surface area (Å²) in [6.07, 6.45) is 1.49. The lowest BCUT2D eigenvalue weighted by Crippen LogP contribution is -2.23. The summed E-state index contributed by atoms with van der Waals surface area (Å²) in [5.74, 6) is 1.18. The van der Waals surface area contributed by atoms with E-state index in [1.165, 1.54) is 11.0 Å². The van der Waals surface area contributed by atoms with E-state index in [4.69, 9.17) is 9.47 Å². The third-order valence-corrected chi connectivity index (χ3v) is 3.68. The highest BCUT2D eigenvalue weighted by molar-refractivity contribution is 5.94. The molecule has 0 saturated carbocycles. The van der Waals surface area contributed by atoms with Crippen molar-refractivity contribution in [3.05, 3.63) is 59.9 Å². The fraction of sp³-hybridized carbons (Fsp3) is 0.176. The molecular formula is C17H17N5O3. The number of carbonyl (C=O) groups is 1. The van der Waals surface area contributed by atoms with Crippen LogP contribution in [0.15, 0.2) is 48.8 Å². The fourth-order valence-corrected chi connectivity index (χ4v) is 2.32. The van der Waals surface area contributed by atoms with E-state index in [-0.39, 0.29) is 5.91 Å². The van der Waals surface area contributed by atoms with Gasteiger partial charge in [0.2, 0.25) is 0 Å². The van der Waals surface area contributed by atoms with Gasteiger partial charge in [0.1, 0.15) is 17.8 Å². The molecule has 3 rings (SSSR count). The molecule has 0 aliphatic rings. The summed E-state index contributed by atoms with van der Waals surface area (Å²) in [5, 5.41) is 13.8. The number of rotatable bonds is 6. The summed E-state index contributed by atoms with van der Waals surface area (Å²) in [4.78, 5) is 12.3. The maximum Gasteiger partial charge on any atom is 0.251 e. The van der Waals surface area contributed by atoms with Crippen LogP contribution in [0.2, 0.25) is 0 Å². The first kappa shape index (κ1) is 16.4. The van der Waals surface area contributed by atoms with Crippen LogP contribution in [-0.2, 0) is 6.54 Å². The van der Waals surface area contributed by atoms with E-state index in [9.17, 15) is 4.79 Å². The average molecular weight is 339 g/mol. The lowest BCUT2D eigenvalue weighted by molar-refractivity contribution is 0.0950. The Kier molecular flexibility index (Phi) is 4.89. The molecule has 0 bridgehead atoms. The highest BCUT2D eigenvalue weighted by Crippen LogP contribution is 2.24. The quantitative estimate of drug-likeness (QED) is 0.734. The first-order chi connectivity index (χ1) is 12.2. The molecule has 0 atom stereocenters. The second-order valence-electron chi connectivity index (χ2n) is 5.16. The number of tetrazole rings is 1. The molecule has 2 aromatic carbocycles. The van der Waals surface area contributed by atoms with Gasteiger partial charge in [-0.3, -0.25) is 4.79 Å². The number of benzene rings is 2. The summed E-state index contributed by atoms with van der Waals surface area (Å²) in [5.41, 5.74) is 2.18. The van der Waals surface area contributed by atoms with Crippen LogP contribution in [0.1, 0.15) is 15.9 Å². The standard InChI is InChI=1S/C17H17N5O3/c1-24-15-8-5-13(16(9-15)25-2)10-18-17(23)12-3-6-14(7-4-12)22-11-19-20-21-22/h3-9,11H,10H2,1-2H3,(H,18,23). The van der Waals surface area contributed by atoms with Crippen molar-refractivity contribution in [1.82, 2.24) is 25.5 Å². The Bertz CT molecular complexity index is 847. The zero-order chi connectivity index (χ0) is 17.6. The van der Waals surface area contributed by atoms with Crippen molar-refractivity contribution in [2.45, 2.75) is 6.54 Å². The van der Waals surface area contributed by atoms with Gasteiger partial charge in [-0.05, 0) is 46.8 Å². The van der Waals surface area contributed by atoms with Gasteiger partial charge >= 0.3 is 0 Å². The predicted molar refractivity (Wildman–Crippen MR) is 89.9 cm³/mol. The highest BCUT2D eigenvalue weighted by Gasteiger charge is 2.09. The zero-order valence-corrected chi connectivity index (χ0v) is 13.8. The Balaban J connectivity index is 1.66. The first-order valence-electron chi connectivity index (χ1n) is 7.54. The predicted octanol–water partition coefficient (Wildman–Crippen LogP) is 1.61. The Labute approximate surface area is 144 Å². The summed E-state index contributed by atoms with van der Waals surface area (Å²) < 4.78 is 12.0. The number of nitrogens with zero attached hydrogens (tertiary/aromatic N) is 4. The normalized spacial score (nSPS) is 10.3. The van der Waals surface area contributed by atoms with Crippen molar-refractivity contribution < 1.29 is 14.3 Å². The molecular weight excluding hydrogens is 322 g/mol. The maximum absolute atomic E-state index is 12.3. The third kappa shape index (κ3) is 3.74. The van der Waals surface area contributed by atoms with E-state index < -0.39 is 0 Å². The van der Waals surface area contributed by atoms with Gasteiger partial charge in [-0.25, -0.2) is 4.68 Å². The molecule has 0 spiro atoms. The molecule has 1 N–H and O–H groups in total. The fourth-order valence-electron chi connectivity index (χ4n) is 2.32. The number of hydrogen-bond acceptors (Lipinski definition) is 6. The summed E-state index contributed by atoms with van der Waals surface area (Å²) in [7, 11) is 3.17. The van der Waals surface area contributed by atoms with E-state index in [1.54, 1.807) is 44.6 Å². The smallest absolute Gasteiger partial charge is 0.251 e. The van der Waals surface area contributed by atoms with Crippen molar-refractivity contribution in [2.24, 2.45) is 0 Å². The molecule has 0 fully saturated rings. The Morgan fingerprint density at radius 2 is 1.92 bits per heavy atom. The Morgan fingerprint density at radius 3 is 2.56 bits per heavy atom. The van der Waals surface area contributed by atoms with Crippen LogP contribution in [0.3, 0.4) is 0 Å². The summed E-state index contributed by atoms with van der Waals surface area (Å²) in [6.45, 7) is 0.348. The molecule has 8 nitrogen and oxygen atoms in total. The van der Waals surface area contributed by atoms with Gasteiger partial charge < -0.3 is 14.8 Å². The molecule has 0 unspecified atom stereocenters. The Morgan fingerprint density at radius 1 is 1.12 bits per heavy atom. The number of aromatic nitrogens is 4. The van der Waals surface area contributed by atoms with Gasteiger partial charge in [0.25, 0.3) is 5.91 Å². The van der Waals surface area contributed by atoms with Crippen LogP contribution < -0.4 is 14.8 Å². The molecule has 0 saturated heterocycles. The van der Waals surface area contributed by atoms with E-state index in [2.05, 4.69) is 20.8 Å². The second-order valence-corrected chi connectivity index (χ2v) is 5.16. The maximum atomic E-state index is 12.3. The lowest BCUT2D eigenvalue weighted by atomic mass is 10.1. The van der Waals surface area contributed by atoms with Gasteiger partial charge in [-0.15, -0.1) is 5.10 Å². The summed E-state index contributed by atoms with van der Waals surface area (Å²) in [6, 6.07) is 12.5. The van der Waals surface area contributed by atoms with E-state index >= 15 is 0 Å². The Hall–Kier alpha value is -3.42. The van der Waals surface area contributed by atoms with Gasteiger partial charge in [-0.2, -0.15) is 0 Å². The number of nitrogens with one attached hydrogen (secondary N) is 1. The number of amides is 1. The van der Waals surface area contributed by atoms with Crippen molar-refractivity contribution in [2.75, 3.05) is 14.2 Å². The number of ether oxygens (including phenoxy) is 2. The lowest BCUT2D eigenvalue weighted by Gasteiger charge is -2.11. The summed E-state index contributed by atoms with van der Waals surface area (Å²) >= 11 is 0. The highest BCUT2D eigenvalue weighted by atomic mass is 16.5. The minimum atomic E-state index is -0.180. The first-order valence-corrected chi connectivity index (χ1v) is 7.54. The van der Waals surface area contributed by atoms with Gasteiger partial charge in [0.15, 0.2) is 0 Å². The molecule has 0 radical (unpaired) electrons. The van der Waals surface area contributed by atoms with E-state index in [1.807, 2.05) is 12.1 Å². The minimum Gasteiger partial charge on any atom is -0.497 e. The third-order valence-electron chi connectivity index (χ3n) is 3.68. The van der Waals surface area contributed by atoms with Crippen molar-refractivity contribution in [3.63, 3.8) is 0 Å². The van der Waals surface area contributed by atoms with Crippen LogP contribution in [0.5, 0.6) is 11.5 Å². The van der Waals surface area contributed by atoms with E-state index in [0.29, 0.717) is 23.6 Å². The van der Waals surface area contributed by atoms with Crippen LogP contribution in [0.25, 0.3) is 5.69 Å². The topological polar surface area (TPSA) is 91.2 Å². The molecule has 1 heterocycles. The molecule has 0 aliphatic carbocycles. The van der Waals surface area contributed by atoms with E-state index in [0.717, 1.165) is 11.3 Å². The van der Waals surface area contributed by atoms with Gasteiger partial charge in [0, 0.05) is 23.7 Å². The van der Waals surface area contributed by atoms with Crippen LogP contribution in [-0.4, -0.2) is 40.3 Å². The van der Waals surface area contributed by atoms with Crippen molar-refractivity contribution >= 4 is 5.91 Å². The monoisotopic (exact) mass is 339 g/mol.